The predicted molar refractivity (Wildman–Crippen MR) is 126 cm³/mol. The fraction of sp³-hybridized carbons (Fsp3) is 0.417. The van der Waals surface area contributed by atoms with E-state index in [2.05, 4.69) is 56.1 Å². The Kier molecular flexibility index (Phi) is 5.99. The summed E-state index contributed by atoms with van der Waals surface area (Å²) in [5, 5.41) is 0.716. The molecule has 2 aromatic heterocycles. The Hall–Kier alpha value is -2.15. The summed E-state index contributed by atoms with van der Waals surface area (Å²) in [5.74, 6) is 0. The summed E-state index contributed by atoms with van der Waals surface area (Å²) in [6, 6.07) is 12.2. The first-order valence-electron chi connectivity index (χ1n) is 10.4. The van der Waals surface area contributed by atoms with Crippen LogP contribution < -0.4 is 5.73 Å². The first kappa shape index (κ1) is 22.1. The molecule has 164 valence electrons. The molecule has 4 rings (SSSR count). The van der Waals surface area contributed by atoms with Gasteiger partial charge in [-0.15, -0.1) is 11.3 Å². The number of hydrogen-bond donors (Lipinski definition) is 1. The van der Waals surface area contributed by atoms with Crippen molar-refractivity contribution in [3.8, 4) is 10.4 Å². The van der Waals surface area contributed by atoms with Gasteiger partial charge in [-0.05, 0) is 36.1 Å². The number of carbonyl (C=O) groups excluding carboxylic acids is 1. The molecule has 3 aromatic rings. The van der Waals surface area contributed by atoms with Gasteiger partial charge in [0.1, 0.15) is 5.60 Å². The molecule has 1 aliphatic heterocycles. The molecule has 1 fully saturated rings. The van der Waals surface area contributed by atoms with Crippen molar-refractivity contribution < 1.29 is 14.3 Å². The van der Waals surface area contributed by atoms with Gasteiger partial charge in [0.15, 0.2) is 0 Å². The van der Waals surface area contributed by atoms with Gasteiger partial charge in [0.25, 0.3) is 0 Å². The topological polar surface area (TPSA) is 74.4 Å². The van der Waals surface area contributed by atoms with Gasteiger partial charge < -0.3 is 15.2 Å². The third-order valence-corrected chi connectivity index (χ3v) is 7.70. The number of rotatable bonds is 5. The molecule has 5 nitrogen and oxygen atoms in total. The number of carbonyl (C=O) groups is 1. The molecule has 1 amide bonds. The van der Waals surface area contributed by atoms with E-state index in [1.54, 1.807) is 17.5 Å². The zero-order valence-electron chi connectivity index (χ0n) is 18.0. The maximum atomic E-state index is 11.9. The molecule has 0 aliphatic carbocycles. The third kappa shape index (κ3) is 4.29. The van der Waals surface area contributed by atoms with Crippen LogP contribution >= 0.6 is 22.9 Å². The van der Waals surface area contributed by atoms with Gasteiger partial charge in [0, 0.05) is 29.5 Å². The number of benzene rings is 1. The SMILES string of the molecule is CC(C)(C)C(Cc1ccc(-c2cc3nccc(Cl)c3s2)cc1)(OC(N)=O)C1CCCO1. The summed E-state index contributed by atoms with van der Waals surface area (Å²) in [5.41, 5.74) is 7.37. The zero-order chi connectivity index (χ0) is 22.2. The van der Waals surface area contributed by atoms with Crippen LogP contribution in [0.2, 0.25) is 5.02 Å². The minimum absolute atomic E-state index is 0.185. The van der Waals surface area contributed by atoms with Crippen LogP contribution in [-0.2, 0) is 15.9 Å². The zero-order valence-corrected chi connectivity index (χ0v) is 19.6. The lowest BCUT2D eigenvalue weighted by Crippen LogP contribution is -2.57. The van der Waals surface area contributed by atoms with Crippen LogP contribution in [0.25, 0.3) is 20.7 Å². The van der Waals surface area contributed by atoms with Crippen molar-refractivity contribution in [3.05, 3.63) is 53.2 Å². The van der Waals surface area contributed by atoms with E-state index < -0.39 is 11.7 Å². The standard InChI is InChI=1S/C24H27ClN2O3S/c1-23(2,3)24(30-22(26)28,20-5-4-12-29-20)14-15-6-8-16(9-7-15)19-13-18-21(31-19)17(25)10-11-27-18/h6-11,13,20H,4-5,12,14H2,1-3H3,(H2,26,28). The molecule has 0 bridgehead atoms. The molecule has 2 unspecified atom stereocenters. The largest absolute Gasteiger partial charge is 0.439 e. The van der Waals surface area contributed by atoms with Crippen LogP contribution in [0.5, 0.6) is 0 Å². The van der Waals surface area contributed by atoms with Crippen LogP contribution in [0.3, 0.4) is 0 Å². The normalized spacial score (nSPS) is 18.8. The Balaban J connectivity index is 1.66. The first-order valence-corrected chi connectivity index (χ1v) is 11.6. The second kappa shape index (κ2) is 8.41. The van der Waals surface area contributed by atoms with Crippen LogP contribution in [0.4, 0.5) is 4.79 Å². The summed E-state index contributed by atoms with van der Waals surface area (Å²) in [6.45, 7) is 6.88. The van der Waals surface area contributed by atoms with E-state index in [0.717, 1.165) is 39.1 Å². The summed E-state index contributed by atoms with van der Waals surface area (Å²) in [6.07, 6.45) is 3.10. The monoisotopic (exact) mass is 458 g/mol. The molecule has 1 aliphatic rings. The maximum absolute atomic E-state index is 11.9. The molecule has 31 heavy (non-hydrogen) atoms. The number of hydrogen-bond acceptors (Lipinski definition) is 5. The average Bonchev–Trinajstić information content (AvgIpc) is 3.38. The van der Waals surface area contributed by atoms with Gasteiger partial charge in [-0.25, -0.2) is 4.79 Å². The molecule has 1 aromatic carbocycles. The third-order valence-electron chi connectivity index (χ3n) is 6.07. The molecule has 3 heterocycles. The molecular formula is C24H27ClN2O3S. The fourth-order valence-corrected chi connectivity index (χ4v) is 5.68. The molecule has 0 spiro atoms. The number of pyridine rings is 1. The second-order valence-corrected chi connectivity index (χ2v) is 10.5. The van der Waals surface area contributed by atoms with Gasteiger partial charge in [-0.2, -0.15) is 0 Å². The smallest absolute Gasteiger partial charge is 0.405 e. The lowest BCUT2D eigenvalue weighted by Gasteiger charge is -2.47. The number of nitrogens with zero attached hydrogens (tertiary/aromatic N) is 1. The number of primary amides is 1. The van der Waals surface area contributed by atoms with E-state index in [0.29, 0.717) is 18.1 Å². The van der Waals surface area contributed by atoms with Crippen molar-refractivity contribution in [1.29, 1.82) is 0 Å². The fourth-order valence-electron chi connectivity index (χ4n) is 4.38. The highest BCUT2D eigenvalue weighted by Crippen LogP contribution is 2.44. The molecular weight excluding hydrogens is 432 g/mol. The lowest BCUT2D eigenvalue weighted by atomic mass is 9.68. The van der Waals surface area contributed by atoms with Crippen LogP contribution in [0.15, 0.2) is 42.6 Å². The Bertz CT molecular complexity index is 1080. The van der Waals surface area contributed by atoms with Crippen LogP contribution in [-0.4, -0.2) is 29.4 Å². The molecule has 1 saturated heterocycles. The van der Waals surface area contributed by atoms with Crippen molar-refractivity contribution in [2.24, 2.45) is 11.1 Å². The van der Waals surface area contributed by atoms with E-state index in [4.69, 9.17) is 26.8 Å². The summed E-state index contributed by atoms with van der Waals surface area (Å²) < 4.78 is 12.8. The highest BCUT2D eigenvalue weighted by Gasteiger charge is 2.53. The second-order valence-electron chi connectivity index (χ2n) is 9.05. The minimum atomic E-state index is -0.841. The number of fused-ring (bicyclic) bond motifs is 1. The Labute approximate surface area is 191 Å². The summed E-state index contributed by atoms with van der Waals surface area (Å²) in [4.78, 5) is 17.4. The summed E-state index contributed by atoms with van der Waals surface area (Å²) in [7, 11) is 0. The van der Waals surface area contributed by atoms with Gasteiger partial charge in [-0.1, -0.05) is 56.6 Å². The van der Waals surface area contributed by atoms with E-state index in [1.165, 1.54) is 0 Å². The average molecular weight is 459 g/mol. The minimum Gasteiger partial charge on any atom is -0.439 e. The van der Waals surface area contributed by atoms with Crippen molar-refractivity contribution >= 4 is 39.2 Å². The Morgan fingerprint density at radius 1 is 1.29 bits per heavy atom. The number of halogens is 1. The van der Waals surface area contributed by atoms with E-state index in [9.17, 15) is 4.79 Å². The van der Waals surface area contributed by atoms with Crippen LogP contribution in [0.1, 0.15) is 39.2 Å². The van der Waals surface area contributed by atoms with Crippen LogP contribution in [0, 0.1) is 5.41 Å². The van der Waals surface area contributed by atoms with Crippen molar-refractivity contribution in [3.63, 3.8) is 0 Å². The highest BCUT2D eigenvalue weighted by molar-refractivity contribution is 7.22. The van der Waals surface area contributed by atoms with Crippen molar-refractivity contribution in [2.45, 2.75) is 51.7 Å². The van der Waals surface area contributed by atoms with Gasteiger partial charge in [0.2, 0.25) is 0 Å². The quantitative estimate of drug-likeness (QED) is 0.492. The maximum Gasteiger partial charge on any atom is 0.405 e. The van der Waals surface area contributed by atoms with E-state index in [1.807, 2.05) is 6.07 Å². The van der Waals surface area contributed by atoms with Crippen molar-refractivity contribution in [1.82, 2.24) is 4.98 Å². The molecule has 2 N–H and O–H groups in total. The number of aromatic nitrogens is 1. The lowest BCUT2D eigenvalue weighted by molar-refractivity contribution is -0.146. The van der Waals surface area contributed by atoms with Crippen molar-refractivity contribution in [2.75, 3.05) is 6.61 Å². The van der Waals surface area contributed by atoms with Gasteiger partial charge >= 0.3 is 6.09 Å². The van der Waals surface area contributed by atoms with E-state index >= 15 is 0 Å². The van der Waals surface area contributed by atoms with Gasteiger partial charge in [0.05, 0.1) is 21.3 Å². The summed E-state index contributed by atoms with van der Waals surface area (Å²) >= 11 is 7.94. The number of ether oxygens (including phenoxy) is 2. The number of thiophene rings is 1. The molecule has 2 atom stereocenters. The predicted octanol–water partition coefficient (Wildman–Crippen LogP) is 6.22. The van der Waals surface area contributed by atoms with Gasteiger partial charge in [-0.3, -0.25) is 4.98 Å². The Morgan fingerprint density at radius 3 is 2.61 bits per heavy atom. The number of amides is 1. The molecule has 0 saturated carbocycles. The first-order chi connectivity index (χ1) is 14.7. The number of nitrogens with two attached hydrogens (primary N) is 1. The Morgan fingerprint density at radius 2 is 2.03 bits per heavy atom. The highest BCUT2D eigenvalue weighted by atomic mass is 35.5. The molecule has 0 radical (unpaired) electrons. The molecule has 7 heteroatoms. The van der Waals surface area contributed by atoms with E-state index in [-0.39, 0.29) is 11.5 Å².